The summed E-state index contributed by atoms with van der Waals surface area (Å²) < 4.78 is 2.03. The molecule has 1 aromatic heterocycles. The molecule has 5 heteroatoms. The molecule has 0 spiro atoms. The number of carbonyl (C=O) groups excluding carboxylic acids is 1. The summed E-state index contributed by atoms with van der Waals surface area (Å²) in [7, 11) is 0. The van der Waals surface area contributed by atoms with E-state index in [9.17, 15) is 4.79 Å². The molecule has 0 aliphatic carbocycles. The van der Waals surface area contributed by atoms with Crippen LogP contribution < -0.4 is 10.2 Å². The molecular formula is C25H24N4O. The van der Waals surface area contributed by atoms with E-state index in [0.29, 0.717) is 12.1 Å². The molecule has 0 atom stereocenters. The third-order valence-corrected chi connectivity index (χ3v) is 5.72. The number of anilines is 1. The lowest BCUT2D eigenvalue weighted by molar-refractivity contribution is 0.0951. The number of rotatable bonds is 5. The largest absolute Gasteiger partial charge is 0.372 e. The van der Waals surface area contributed by atoms with Gasteiger partial charge in [-0.05, 0) is 66.9 Å². The Morgan fingerprint density at radius 3 is 2.33 bits per heavy atom. The average molecular weight is 396 g/mol. The van der Waals surface area contributed by atoms with Crippen molar-refractivity contribution in [1.29, 1.82) is 0 Å². The van der Waals surface area contributed by atoms with E-state index >= 15 is 0 Å². The standard InChI is InChI=1S/C25H24N4O/c30-25(26-17-19-7-11-21(12-8-19)28-15-3-4-16-28)20-9-13-22(14-10-20)29-18-27-23-5-1-2-6-24(23)29/h1-2,5-14,18H,3-4,15-17H2,(H,26,30). The van der Waals surface area contributed by atoms with Gasteiger partial charge in [0.1, 0.15) is 6.33 Å². The number of para-hydroxylation sites is 2. The Kier molecular flexibility index (Phi) is 4.93. The van der Waals surface area contributed by atoms with Gasteiger partial charge in [-0.3, -0.25) is 9.36 Å². The number of aromatic nitrogens is 2. The van der Waals surface area contributed by atoms with E-state index in [2.05, 4.69) is 39.5 Å². The SMILES string of the molecule is O=C(NCc1ccc(N2CCCC2)cc1)c1ccc(-n2cnc3ccccc32)cc1. The van der Waals surface area contributed by atoms with Crippen molar-refractivity contribution in [3.8, 4) is 5.69 Å². The number of nitrogens with one attached hydrogen (secondary N) is 1. The first kappa shape index (κ1) is 18.4. The molecule has 4 aromatic rings. The van der Waals surface area contributed by atoms with Crippen LogP contribution in [0.2, 0.25) is 0 Å². The second-order valence-corrected chi connectivity index (χ2v) is 7.69. The number of carbonyl (C=O) groups is 1. The Bertz CT molecular complexity index is 1160. The topological polar surface area (TPSA) is 50.2 Å². The average Bonchev–Trinajstić information content (AvgIpc) is 3.48. The van der Waals surface area contributed by atoms with Crippen LogP contribution in [-0.4, -0.2) is 28.5 Å². The van der Waals surface area contributed by atoms with Crippen LogP contribution in [0.1, 0.15) is 28.8 Å². The van der Waals surface area contributed by atoms with Crippen LogP contribution in [0.4, 0.5) is 5.69 Å². The third kappa shape index (κ3) is 3.66. The van der Waals surface area contributed by atoms with Gasteiger partial charge in [0.05, 0.1) is 11.0 Å². The molecule has 1 aliphatic heterocycles. The molecule has 2 heterocycles. The first-order valence-corrected chi connectivity index (χ1v) is 10.4. The maximum atomic E-state index is 12.6. The van der Waals surface area contributed by atoms with Gasteiger partial charge in [-0.2, -0.15) is 0 Å². The zero-order chi connectivity index (χ0) is 20.3. The summed E-state index contributed by atoms with van der Waals surface area (Å²) >= 11 is 0. The van der Waals surface area contributed by atoms with Crippen LogP contribution in [0.3, 0.4) is 0 Å². The van der Waals surface area contributed by atoms with Gasteiger partial charge in [0, 0.05) is 36.6 Å². The van der Waals surface area contributed by atoms with Crippen molar-refractivity contribution in [1.82, 2.24) is 14.9 Å². The summed E-state index contributed by atoms with van der Waals surface area (Å²) in [5.41, 5.74) is 6.01. The van der Waals surface area contributed by atoms with Crippen LogP contribution in [0.15, 0.2) is 79.1 Å². The van der Waals surface area contributed by atoms with Gasteiger partial charge < -0.3 is 10.2 Å². The van der Waals surface area contributed by atoms with Crippen LogP contribution >= 0.6 is 0 Å². The number of hydrogen-bond donors (Lipinski definition) is 1. The highest BCUT2D eigenvalue weighted by Crippen LogP contribution is 2.21. The first-order chi connectivity index (χ1) is 14.8. The lowest BCUT2D eigenvalue weighted by atomic mass is 10.1. The van der Waals surface area contributed by atoms with Gasteiger partial charge in [0.2, 0.25) is 0 Å². The lowest BCUT2D eigenvalue weighted by Gasteiger charge is -2.17. The predicted molar refractivity (Wildman–Crippen MR) is 120 cm³/mol. The molecule has 1 saturated heterocycles. The zero-order valence-electron chi connectivity index (χ0n) is 16.8. The third-order valence-electron chi connectivity index (χ3n) is 5.72. The van der Waals surface area contributed by atoms with E-state index in [0.717, 1.165) is 35.4 Å². The van der Waals surface area contributed by atoms with Gasteiger partial charge in [-0.25, -0.2) is 4.98 Å². The second kappa shape index (κ2) is 8.03. The molecule has 1 amide bonds. The predicted octanol–water partition coefficient (Wildman–Crippen LogP) is 4.56. The Morgan fingerprint density at radius 1 is 0.867 bits per heavy atom. The van der Waals surface area contributed by atoms with Crippen molar-refractivity contribution < 1.29 is 4.79 Å². The van der Waals surface area contributed by atoms with E-state index in [4.69, 9.17) is 0 Å². The molecular weight excluding hydrogens is 372 g/mol. The molecule has 0 bridgehead atoms. The van der Waals surface area contributed by atoms with Crippen LogP contribution in [0.5, 0.6) is 0 Å². The lowest BCUT2D eigenvalue weighted by Crippen LogP contribution is -2.23. The highest BCUT2D eigenvalue weighted by molar-refractivity contribution is 5.94. The van der Waals surface area contributed by atoms with Gasteiger partial charge >= 0.3 is 0 Å². The van der Waals surface area contributed by atoms with Crippen molar-refractivity contribution in [2.45, 2.75) is 19.4 Å². The fourth-order valence-electron chi connectivity index (χ4n) is 4.02. The van der Waals surface area contributed by atoms with Crippen molar-refractivity contribution >= 4 is 22.6 Å². The molecule has 1 fully saturated rings. The Hall–Kier alpha value is -3.60. The number of fused-ring (bicyclic) bond motifs is 1. The molecule has 5 rings (SSSR count). The molecule has 1 N–H and O–H groups in total. The fraction of sp³-hybridized carbons (Fsp3) is 0.200. The maximum absolute atomic E-state index is 12.6. The van der Waals surface area contributed by atoms with Crippen LogP contribution in [0.25, 0.3) is 16.7 Å². The highest BCUT2D eigenvalue weighted by Gasteiger charge is 2.12. The highest BCUT2D eigenvalue weighted by atomic mass is 16.1. The molecule has 1 aliphatic rings. The number of amides is 1. The molecule has 0 radical (unpaired) electrons. The number of nitrogens with zero attached hydrogens (tertiary/aromatic N) is 3. The molecule has 5 nitrogen and oxygen atoms in total. The van der Waals surface area contributed by atoms with Crippen molar-refractivity contribution in [3.63, 3.8) is 0 Å². The smallest absolute Gasteiger partial charge is 0.251 e. The monoisotopic (exact) mass is 396 g/mol. The fourth-order valence-corrected chi connectivity index (χ4v) is 4.02. The zero-order valence-corrected chi connectivity index (χ0v) is 16.8. The van der Waals surface area contributed by atoms with Crippen LogP contribution in [-0.2, 0) is 6.54 Å². The van der Waals surface area contributed by atoms with Gasteiger partial charge in [0.15, 0.2) is 0 Å². The molecule has 0 unspecified atom stereocenters. The quantitative estimate of drug-likeness (QED) is 0.538. The summed E-state index contributed by atoms with van der Waals surface area (Å²) in [5, 5.41) is 3.02. The van der Waals surface area contributed by atoms with E-state index in [1.54, 1.807) is 0 Å². The first-order valence-electron chi connectivity index (χ1n) is 10.4. The molecule has 30 heavy (non-hydrogen) atoms. The van der Waals surface area contributed by atoms with Crippen molar-refractivity contribution in [3.05, 3.63) is 90.3 Å². The molecule has 0 saturated carbocycles. The van der Waals surface area contributed by atoms with E-state index in [-0.39, 0.29) is 5.91 Å². The number of benzene rings is 3. The summed E-state index contributed by atoms with van der Waals surface area (Å²) in [6, 6.07) is 24.1. The van der Waals surface area contributed by atoms with E-state index < -0.39 is 0 Å². The summed E-state index contributed by atoms with van der Waals surface area (Å²) in [5.74, 6) is -0.0688. The van der Waals surface area contributed by atoms with Gasteiger partial charge in [0.25, 0.3) is 5.91 Å². The Labute approximate surface area is 176 Å². The maximum Gasteiger partial charge on any atom is 0.251 e. The Morgan fingerprint density at radius 2 is 1.57 bits per heavy atom. The van der Waals surface area contributed by atoms with E-state index in [1.165, 1.54) is 18.5 Å². The summed E-state index contributed by atoms with van der Waals surface area (Å²) in [6.07, 6.45) is 4.35. The second-order valence-electron chi connectivity index (χ2n) is 7.69. The molecule has 150 valence electrons. The Balaban J connectivity index is 1.23. The number of imidazole rings is 1. The van der Waals surface area contributed by atoms with Gasteiger partial charge in [-0.15, -0.1) is 0 Å². The minimum Gasteiger partial charge on any atom is -0.372 e. The summed E-state index contributed by atoms with van der Waals surface area (Å²) in [6.45, 7) is 2.80. The number of hydrogen-bond acceptors (Lipinski definition) is 3. The van der Waals surface area contributed by atoms with Crippen molar-refractivity contribution in [2.75, 3.05) is 18.0 Å². The normalized spacial score (nSPS) is 13.7. The van der Waals surface area contributed by atoms with Crippen LogP contribution in [0, 0.1) is 0 Å². The summed E-state index contributed by atoms with van der Waals surface area (Å²) in [4.78, 5) is 19.4. The minimum absolute atomic E-state index is 0.0688. The van der Waals surface area contributed by atoms with Crippen molar-refractivity contribution in [2.24, 2.45) is 0 Å². The van der Waals surface area contributed by atoms with E-state index in [1.807, 2.05) is 59.4 Å². The molecule has 3 aromatic carbocycles. The van der Waals surface area contributed by atoms with Gasteiger partial charge in [-0.1, -0.05) is 24.3 Å². The minimum atomic E-state index is -0.0688.